The lowest BCUT2D eigenvalue weighted by Crippen LogP contribution is -2.13. The van der Waals surface area contributed by atoms with Crippen molar-refractivity contribution < 1.29 is 28.5 Å². The van der Waals surface area contributed by atoms with Gasteiger partial charge in [0.2, 0.25) is 0 Å². The van der Waals surface area contributed by atoms with E-state index in [1.54, 1.807) is 24.3 Å². The Morgan fingerprint density at radius 2 is 0.810 bits per heavy atom. The molecule has 0 fully saturated rings. The summed E-state index contributed by atoms with van der Waals surface area (Å²) in [6.45, 7) is 8.60. The summed E-state index contributed by atoms with van der Waals surface area (Å²) < 4.78 is 23.5. The van der Waals surface area contributed by atoms with E-state index in [2.05, 4.69) is 12.1 Å². The van der Waals surface area contributed by atoms with Crippen LogP contribution < -0.4 is 9.47 Å². The van der Waals surface area contributed by atoms with Crippen LogP contribution in [-0.4, -0.2) is 38.4 Å². The lowest BCUT2D eigenvalue weighted by molar-refractivity contribution is 0.0443. The van der Waals surface area contributed by atoms with Crippen LogP contribution in [0, 0.1) is 27.7 Å². The molecule has 0 saturated carbocycles. The molecule has 5 rings (SSSR count). The first-order chi connectivity index (χ1) is 20.3. The first-order valence-corrected chi connectivity index (χ1v) is 14.0. The van der Waals surface area contributed by atoms with Crippen LogP contribution in [0.25, 0.3) is 21.5 Å². The molecule has 0 atom stereocenters. The molecule has 6 nitrogen and oxygen atoms in total. The molecule has 214 valence electrons. The van der Waals surface area contributed by atoms with Crippen LogP contribution in [0.2, 0.25) is 0 Å². The molecule has 6 heteroatoms. The topological polar surface area (TPSA) is 71.1 Å². The fourth-order valence-electron chi connectivity index (χ4n) is 4.79. The van der Waals surface area contributed by atoms with E-state index in [1.807, 2.05) is 76.2 Å². The first-order valence-electron chi connectivity index (χ1n) is 14.0. The molecule has 0 aliphatic rings. The van der Waals surface area contributed by atoms with Crippen molar-refractivity contribution >= 4 is 33.5 Å². The number of fused-ring (bicyclic) bond motifs is 2. The average Bonchev–Trinajstić information content (AvgIpc) is 2.98. The predicted molar refractivity (Wildman–Crippen MR) is 165 cm³/mol. The van der Waals surface area contributed by atoms with Crippen molar-refractivity contribution in [2.45, 2.75) is 27.7 Å². The zero-order chi connectivity index (χ0) is 29.6. The van der Waals surface area contributed by atoms with Crippen LogP contribution in [0.3, 0.4) is 0 Å². The molecule has 0 spiro atoms. The minimum absolute atomic E-state index is 0.109. The van der Waals surface area contributed by atoms with Crippen molar-refractivity contribution in [1.82, 2.24) is 0 Å². The number of carbonyl (C=O) groups excluding carboxylic acids is 2. The molecule has 5 aromatic carbocycles. The van der Waals surface area contributed by atoms with Gasteiger partial charge in [0.25, 0.3) is 0 Å². The van der Waals surface area contributed by atoms with E-state index in [4.69, 9.17) is 18.9 Å². The standard InChI is InChI=1S/C36H34O6/c1-23-5-11-27(12-6-23)35(37)41-19-17-39-33-29-15-9-26(4)22-32(29)34(30-16-10-25(3)21-31(30)33)40-18-20-42-36(38)28-13-7-24(2)8-14-28/h5-16,21-22H,17-20H2,1-4H3. The molecule has 0 amide bonds. The van der Waals surface area contributed by atoms with Crippen molar-refractivity contribution in [2.24, 2.45) is 0 Å². The molecule has 0 bridgehead atoms. The normalized spacial score (nSPS) is 11.0. The largest absolute Gasteiger partial charge is 0.489 e. The Balaban J connectivity index is 1.35. The van der Waals surface area contributed by atoms with Gasteiger partial charge in [0.1, 0.15) is 37.9 Å². The Kier molecular flexibility index (Phi) is 8.72. The molecule has 5 aromatic rings. The van der Waals surface area contributed by atoms with E-state index in [9.17, 15) is 9.59 Å². The van der Waals surface area contributed by atoms with E-state index in [1.165, 1.54) is 0 Å². The van der Waals surface area contributed by atoms with Gasteiger partial charge in [-0.25, -0.2) is 9.59 Å². The summed E-state index contributed by atoms with van der Waals surface area (Å²) in [6, 6.07) is 26.8. The maximum atomic E-state index is 12.5. The highest BCUT2D eigenvalue weighted by molar-refractivity contribution is 6.11. The van der Waals surface area contributed by atoms with Gasteiger partial charge in [-0.05, 0) is 64.1 Å². The SMILES string of the molecule is Cc1ccc(C(=O)OCCOc2c3ccc(C)cc3c(OCCOC(=O)c3ccc(C)cc3)c3ccc(C)cc23)cc1. The Labute approximate surface area is 245 Å². The maximum Gasteiger partial charge on any atom is 0.338 e. The highest BCUT2D eigenvalue weighted by atomic mass is 16.6. The second-order valence-corrected chi connectivity index (χ2v) is 10.5. The van der Waals surface area contributed by atoms with Gasteiger partial charge in [-0.1, -0.05) is 70.8 Å². The number of hydrogen-bond donors (Lipinski definition) is 0. The molecule has 0 radical (unpaired) electrons. The van der Waals surface area contributed by atoms with E-state index in [0.29, 0.717) is 22.6 Å². The van der Waals surface area contributed by atoms with Gasteiger partial charge in [0.15, 0.2) is 0 Å². The average molecular weight is 563 g/mol. The van der Waals surface area contributed by atoms with E-state index in [0.717, 1.165) is 43.8 Å². The van der Waals surface area contributed by atoms with Crippen LogP contribution >= 0.6 is 0 Å². The summed E-state index contributed by atoms with van der Waals surface area (Å²) in [5, 5.41) is 3.55. The summed E-state index contributed by atoms with van der Waals surface area (Å²) in [5.41, 5.74) is 5.32. The fraction of sp³-hybridized carbons (Fsp3) is 0.222. The minimum Gasteiger partial charge on any atom is -0.489 e. The van der Waals surface area contributed by atoms with Crippen LogP contribution in [0.4, 0.5) is 0 Å². The molecule has 42 heavy (non-hydrogen) atoms. The first kappa shape index (κ1) is 28.7. The minimum atomic E-state index is -0.383. The van der Waals surface area contributed by atoms with Crippen LogP contribution in [0.5, 0.6) is 11.5 Å². The Morgan fingerprint density at radius 1 is 0.452 bits per heavy atom. The number of rotatable bonds is 10. The van der Waals surface area contributed by atoms with Crippen LogP contribution in [-0.2, 0) is 9.47 Å². The predicted octanol–water partition coefficient (Wildman–Crippen LogP) is 7.70. The highest BCUT2D eigenvalue weighted by Crippen LogP contribution is 2.43. The number of hydrogen-bond acceptors (Lipinski definition) is 6. The van der Waals surface area contributed by atoms with E-state index in [-0.39, 0.29) is 38.4 Å². The van der Waals surface area contributed by atoms with E-state index >= 15 is 0 Å². The monoisotopic (exact) mass is 562 g/mol. The quantitative estimate of drug-likeness (QED) is 0.0987. The van der Waals surface area contributed by atoms with E-state index < -0.39 is 0 Å². The fourth-order valence-corrected chi connectivity index (χ4v) is 4.79. The van der Waals surface area contributed by atoms with Crippen molar-refractivity contribution in [3.8, 4) is 11.5 Å². The second kappa shape index (κ2) is 12.8. The molecule has 0 aliphatic heterocycles. The molecular formula is C36H34O6. The molecule has 0 unspecified atom stereocenters. The van der Waals surface area contributed by atoms with Gasteiger partial charge in [-0.2, -0.15) is 0 Å². The molecule has 0 aliphatic carbocycles. The molecule has 0 saturated heterocycles. The van der Waals surface area contributed by atoms with Gasteiger partial charge in [-0.15, -0.1) is 0 Å². The number of benzene rings is 5. The molecule has 0 N–H and O–H groups in total. The Hall–Kier alpha value is -4.84. The maximum absolute atomic E-state index is 12.5. The van der Waals surface area contributed by atoms with Crippen molar-refractivity contribution in [2.75, 3.05) is 26.4 Å². The third-order valence-corrected chi connectivity index (χ3v) is 7.03. The lowest BCUT2D eigenvalue weighted by Gasteiger charge is -2.19. The van der Waals surface area contributed by atoms with Gasteiger partial charge >= 0.3 is 11.9 Å². The van der Waals surface area contributed by atoms with Gasteiger partial charge in [0.05, 0.1) is 11.1 Å². The van der Waals surface area contributed by atoms with Crippen molar-refractivity contribution in [3.63, 3.8) is 0 Å². The van der Waals surface area contributed by atoms with Crippen LogP contribution in [0.15, 0.2) is 84.9 Å². The third-order valence-electron chi connectivity index (χ3n) is 7.03. The third kappa shape index (κ3) is 6.55. The van der Waals surface area contributed by atoms with Crippen molar-refractivity contribution in [3.05, 3.63) is 118 Å². The van der Waals surface area contributed by atoms with Gasteiger partial charge in [0, 0.05) is 21.5 Å². The number of aryl methyl sites for hydroxylation is 4. The Bertz CT molecular complexity index is 1610. The summed E-state index contributed by atoms with van der Waals surface area (Å²) in [5.74, 6) is 0.639. The molecule has 0 aromatic heterocycles. The summed E-state index contributed by atoms with van der Waals surface area (Å²) in [4.78, 5) is 24.9. The summed E-state index contributed by atoms with van der Waals surface area (Å²) in [6.07, 6.45) is 0. The highest BCUT2D eigenvalue weighted by Gasteiger charge is 2.18. The number of carbonyl (C=O) groups is 2. The summed E-state index contributed by atoms with van der Waals surface area (Å²) >= 11 is 0. The lowest BCUT2D eigenvalue weighted by atomic mass is 9.98. The Morgan fingerprint density at radius 3 is 1.19 bits per heavy atom. The van der Waals surface area contributed by atoms with Crippen LogP contribution in [0.1, 0.15) is 43.0 Å². The number of ether oxygens (including phenoxy) is 4. The molecule has 0 heterocycles. The second-order valence-electron chi connectivity index (χ2n) is 10.5. The molecular weight excluding hydrogens is 528 g/mol. The van der Waals surface area contributed by atoms with Gasteiger partial charge < -0.3 is 18.9 Å². The van der Waals surface area contributed by atoms with Gasteiger partial charge in [-0.3, -0.25) is 0 Å². The number of esters is 2. The summed E-state index contributed by atoms with van der Waals surface area (Å²) in [7, 11) is 0. The van der Waals surface area contributed by atoms with Crippen molar-refractivity contribution in [1.29, 1.82) is 0 Å². The zero-order valence-corrected chi connectivity index (χ0v) is 24.4. The smallest absolute Gasteiger partial charge is 0.338 e. The zero-order valence-electron chi connectivity index (χ0n) is 24.4.